The third-order valence-electron chi connectivity index (χ3n) is 3.20. The standard InChI is InChI=1S/C16H14ClF3N2O2/c1-9-7-13(14(24-2)8-12(9)17)22-15(23)21-11-5-3-10(4-6-11)16(18,19)20/h3-8H,1-2H3,(H2,21,22,23). The zero-order valence-corrected chi connectivity index (χ0v) is 13.5. The first-order chi connectivity index (χ1) is 11.2. The van der Waals surface area contributed by atoms with Crippen molar-refractivity contribution >= 4 is 29.0 Å². The predicted octanol–water partition coefficient (Wildman–Crippen LogP) is 5.32. The molecule has 24 heavy (non-hydrogen) atoms. The lowest BCUT2D eigenvalue weighted by Gasteiger charge is -2.13. The van der Waals surface area contributed by atoms with Crippen LogP contribution < -0.4 is 15.4 Å². The molecule has 0 atom stereocenters. The van der Waals surface area contributed by atoms with Gasteiger partial charge in [0, 0.05) is 16.8 Å². The number of anilines is 2. The molecule has 0 saturated carbocycles. The topological polar surface area (TPSA) is 50.4 Å². The maximum absolute atomic E-state index is 12.5. The maximum atomic E-state index is 12.5. The largest absolute Gasteiger partial charge is 0.495 e. The van der Waals surface area contributed by atoms with Crippen LogP contribution in [0.1, 0.15) is 11.1 Å². The van der Waals surface area contributed by atoms with Gasteiger partial charge in [-0.15, -0.1) is 0 Å². The van der Waals surface area contributed by atoms with Crippen LogP contribution in [0, 0.1) is 6.92 Å². The predicted molar refractivity (Wildman–Crippen MR) is 86.8 cm³/mol. The van der Waals surface area contributed by atoms with E-state index in [0.717, 1.165) is 17.7 Å². The molecule has 0 radical (unpaired) electrons. The first kappa shape index (κ1) is 17.9. The Hall–Kier alpha value is -2.41. The summed E-state index contributed by atoms with van der Waals surface area (Å²) in [6, 6.07) is 6.71. The van der Waals surface area contributed by atoms with Gasteiger partial charge in [-0.25, -0.2) is 4.79 Å². The summed E-state index contributed by atoms with van der Waals surface area (Å²) in [5.41, 5.74) is 0.569. The monoisotopic (exact) mass is 358 g/mol. The lowest BCUT2D eigenvalue weighted by atomic mass is 10.2. The number of carbonyl (C=O) groups excluding carboxylic acids is 1. The summed E-state index contributed by atoms with van der Waals surface area (Å²) in [5, 5.41) is 5.50. The van der Waals surface area contributed by atoms with Gasteiger partial charge in [-0.1, -0.05) is 11.6 Å². The minimum absolute atomic E-state index is 0.227. The highest BCUT2D eigenvalue weighted by molar-refractivity contribution is 6.31. The maximum Gasteiger partial charge on any atom is 0.416 e. The van der Waals surface area contributed by atoms with Crippen molar-refractivity contribution in [1.29, 1.82) is 0 Å². The van der Waals surface area contributed by atoms with Gasteiger partial charge in [0.2, 0.25) is 0 Å². The average Bonchev–Trinajstić information content (AvgIpc) is 2.50. The summed E-state index contributed by atoms with van der Waals surface area (Å²) >= 11 is 5.98. The summed E-state index contributed by atoms with van der Waals surface area (Å²) in [5.74, 6) is 0.369. The molecule has 0 aliphatic heterocycles. The number of amides is 2. The van der Waals surface area contributed by atoms with Crippen LogP contribution in [0.25, 0.3) is 0 Å². The molecule has 0 aliphatic carbocycles. The van der Waals surface area contributed by atoms with E-state index in [1.165, 1.54) is 19.2 Å². The fourth-order valence-corrected chi connectivity index (χ4v) is 2.11. The minimum atomic E-state index is -4.42. The quantitative estimate of drug-likeness (QED) is 0.780. The number of nitrogens with one attached hydrogen (secondary N) is 2. The van der Waals surface area contributed by atoms with Crippen LogP contribution in [0.3, 0.4) is 0 Å². The third-order valence-corrected chi connectivity index (χ3v) is 3.61. The normalized spacial score (nSPS) is 11.1. The van der Waals surface area contributed by atoms with Crippen LogP contribution in [0.15, 0.2) is 36.4 Å². The van der Waals surface area contributed by atoms with Gasteiger partial charge in [0.25, 0.3) is 0 Å². The summed E-state index contributed by atoms with van der Waals surface area (Å²) in [6.45, 7) is 1.76. The number of ether oxygens (including phenoxy) is 1. The van der Waals surface area contributed by atoms with Gasteiger partial charge in [0.15, 0.2) is 0 Å². The van der Waals surface area contributed by atoms with Crippen molar-refractivity contribution < 1.29 is 22.7 Å². The highest BCUT2D eigenvalue weighted by atomic mass is 35.5. The van der Waals surface area contributed by atoms with Crippen LogP contribution in [-0.2, 0) is 6.18 Å². The molecule has 0 unspecified atom stereocenters. The zero-order valence-electron chi connectivity index (χ0n) is 12.8. The lowest BCUT2D eigenvalue weighted by molar-refractivity contribution is -0.137. The molecule has 0 saturated heterocycles. The van der Waals surface area contributed by atoms with Gasteiger partial charge >= 0.3 is 12.2 Å². The minimum Gasteiger partial charge on any atom is -0.495 e. The van der Waals surface area contributed by atoms with Crippen LogP contribution >= 0.6 is 11.6 Å². The summed E-state index contributed by atoms with van der Waals surface area (Å²) < 4.78 is 42.6. The summed E-state index contributed by atoms with van der Waals surface area (Å²) in [4.78, 5) is 12.0. The molecule has 0 aromatic heterocycles. The molecule has 0 heterocycles. The van der Waals surface area contributed by atoms with E-state index in [-0.39, 0.29) is 5.69 Å². The molecule has 128 valence electrons. The number of hydrogen-bond donors (Lipinski definition) is 2. The smallest absolute Gasteiger partial charge is 0.416 e. The van der Waals surface area contributed by atoms with E-state index in [4.69, 9.17) is 16.3 Å². The number of hydrogen-bond acceptors (Lipinski definition) is 2. The van der Waals surface area contributed by atoms with Crippen molar-refractivity contribution in [2.75, 3.05) is 17.7 Å². The Morgan fingerprint density at radius 2 is 1.75 bits per heavy atom. The van der Waals surface area contributed by atoms with E-state index in [0.29, 0.717) is 16.5 Å². The first-order valence-electron chi connectivity index (χ1n) is 6.80. The second kappa shape index (κ2) is 7.00. The molecule has 2 amide bonds. The van der Waals surface area contributed by atoms with E-state index < -0.39 is 17.8 Å². The number of halogens is 4. The number of aryl methyl sites for hydroxylation is 1. The molecule has 2 aromatic carbocycles. The van der Waals surface area contributed by atoms with Crippen molar-refractivity contribution in [2.24, 2.45) is 0 Å². The van der Waals surface area contributed by atoms with Crippen LogP contribution in [0.4, 0.5) is 29.3 Å². The second-order valence-electron chi connectivity index (χ2n) is 4.96. The van der Waals surface area contributed by atoms with Crippen molar-refractivity contribution in [1.82, 2.24) is 0 Å². The van der Waals surface area contributed by atoms with Crippen LogP contribution in [0.2, 0.25) is 5.02 Å². The second-order valence-corrected chi connectivity index (χ2v) is 5.36. The Morgan fingerprint density at radius 1 is 1.12 bits per heavy atom. The van der Waals surface area contributed by atoms with Gasteiger partial charge in [-0.2, -0.15) is 13.2 Å². The number of alkyl halides is 3. The van der Waals surface area contributed by atoms with Crippen molar-refractivity contribution in [3.8, 4) is 5.75 Å². The molecule has 0 spiro atoms. The number of carbonyl (C=O) groups is 1. The third kappa shape index (κ3) is 4.32. The number of methoxy groups -OCH3 is 1. The summed E-state index contributed by atoms with van der Waals surface area (Å²) in [7, 11) is 1.43. The molecular weight excluding hydrogens is 345 g/mol. The number of urea groups is 1. The number of benzene rings is 2. The number of rotatable bonds is 3. The lowest BCUT2D eigenvalue weighted by Crippen LogP contribution is -2.20. The van der Waals surface area contributed by atoms with Crippen LogP contribution in [-0.4, -0.2) is 13.1 Å². The van der Waals surface area contributed by atoms with Gasteiger partial charge in [-0.3, -0.25) is 0 Å². The molecule has 0 bridgehead atoms. The van der Waals surface area contributed by atoms with E-state index >= 15 is 0 Å². The Balaban J connectivity index is 2.10. The van der Waals surface area contributed by atoms with Crippen molar-refractivity contribution in [3.05, 3.63) is 52.5 Å². The average molecular weight is 359 g/mol. The molecule has 8 heteroatoms. The molecule has 2 N–H and O–H groups in total. The van der Waals surface area contributed by atoms with Gasteiger partial charge in [0.05, 0.1) is 18.4 Å². The Labute approximate surface area is 141 Å². The molecule has 4 nitrogen and oxygen atoms in total. The van der Waals surface area contributed by atoms with Gasteiger partial charge in [-0.05, 0) is 42.8 Å². The highest BCUT2D eigenvalue weighted by Gasteiger charge is 2.29. The van der Waals surface area contributed by atoms with E-state index in [2.05, 4.69) is 10.6 Å². The van der Waals surface area contributed by atoms with E-state index in [1.807, 2.05) is 0 Å². The Bertz CT molecular complexity index is 746. The molecule has 0 fully saturated rings. The van der Waals surface area contributed by atoms with Crippen molar-refractivity contribution in [3.63, 3.8) is 0 Å². The van der Waals surface area contributed by atoms with Crippen LogP contribution in [0.5, 0.6) is 5.75 Å². The fourth-order valence-electron chi connectivity index (χ4n) is 1.96. The molecular formula is C16H14ClF3N2O2. The molecule has 0 aliphatic rings. The molecule has 2 rings (SSSR count). The van der Waals surface area contributed by atoms with E-state index in [1.54, 1.807) is 19.1 Å². The van der Waals surface area contributed by atoms with Crippen molar-refractivity contribution in [2.45, 2.75) is 13.1 Å². The SMILES string of the molecule is COc1cc(Cl)c(C)cc1NC(=O)Nc1ccc(C(F)(F)F)cc1. The first-order valence-corrected chi connectivity index (χ1v) is 7.18. The van der Waals surface area contributed by atoms with Gasteiger partial charge in [0.1, 0.15) is 5.75 Å². The Morgan fingerprint density at radius 3 is 2.29 bits per heavy atom. The molecule has 2 aromatic rings. The fraction of sp³-hybridized carbons (Fsp3) is 0.188. The summed E-state index contributed by atoms with van der Waals surface area (Å²) in [6.07, 6.45) is -4.42. The van der Waals surface area contributed by atoms with Gasteiger partial charge < -0.3 is 15.4 Å². The Kier molecular flexibility index (Phi) is 5.23. The van der Waals surface area contributed by atoms with E-state index in [9.17, 15) is 18.0 Å². The highest BCUT2D eigenvalue weighted by Crippen LogP contribution is 2.32. The zero-order chi connectivity index (χ0) is 17.9.